The van der Waals surface area contributed by atoms with Crippen molar-refractivity contribution in [3.05, 3.63) is 54.1 Å². The molecule has 0 bridgehead atoms. The molecule has 5 heteroatoms. The van der Waals surface area contributed by atoms with Crippen molar-refractivity contribution in [1.82, 2.24) is 0 Å². The van der Waals surface area contributed by atoms with Crippen LogP contribution in [0.25, 0.3) is 0 Å². The first-order chi connectivity index (χ1) is 9.74. The van der Waals surface area contributed by atoms with E-state index < -0.39 is 0 Å². The summed E-state index contributed by atoms with van der Waals surface area (Å²) in [7, 11) is 1.55. The monoisotopic (exact) mass is 271 g/mol. The van der Waals surface area contributed by atoms with Crippen LogP contribution in [0.4, 0.5) is 16.2 Å². The van der Waals surface area contributed by atoms with Crippen LogP contribution < -0.4 is 21.1 Å². The van der Waals surface area contributed by atoms with Crippen molar-refractivity contribution in [3.63, 3.8) is 0 Å². The van der Waals surface area contributed by atoms with Crippen LogP contribution in [-0.4, -0.2) is 13.1 Å². The lowest BCUT2D eigenvalue weighted by Gasteiger charge is -2.14. The molecule has 0 fully saturated rings. The number of hydrogen-bond donors (Lipinski definition) is 3. The van der Waals surface area contributed by atoms with Gasteiger partial charge in [0, 0.05) is 12.2 Å². The Hall–Kier alpha value is -2.53. The fourth-order valence-corrected chi connectivity index (χ4v) is 1.86. The molecule has 0 unspecified atom stereocenters. The van der Waals surface area contributed by atoms with Gasteiger partial charge >= 0.3 is 6.03 Å². The van der Waals surface area contributed by atoms with Crippen LogP contribution in [0.2, 0.25) is 0 Å². The molecule has 0 aliphatic carbocycles. The molecule has 0 atom stereocenters. The Kier molecular flexibility index (Phi) is 4.57. The first kappa shape index (κ1) is 13.9. The fraction of sp³-hybridized carbons (Fsp3) is 0.133. The highest BCUT2D eigenvalue weighted by atomic mass is 16.5. The highest BCUT2D eigenvalue weighted by molar-refractivity contribution is 6.01. The summed E-state index contributed by atoms with van der Waals surface area (Å²) in [6.45, 7) is 0.318. The average Bonchev–Trinajstić information content (AvgIpc) is 2.48. The normalized spacial score (nSPS) is 9.90. The van der Waals surface area contributed by atoms with Gasteiger partial charge in [-0.05, 0) is 23.8 Å². The maximum absolute atomic E-state index is 12.0. The highest BCUT2D eigenvalue weighted by Crippen LogP contribution is 2.28. The standard InChI is InChI=1S/C15H17N3O2/c1-20-13-9-5-6-11(10-16)14(13)18-15(19)17-12-7-3-2-4-8-12/h2-9H,10,16H2,1H3,(H2,17,18,19). The number of anilines is 2. The van der Waals surface area contributed by atoms with Crippen LogP contribution in [-0.2, 0) is 6.54 Å². The number of nitrogens with one attached hydrogen (secondary N) is 2. The Labute approximate surface area is 117 Å². The number of ether oxygens (including phenoxy) is 1. The van der Waals surface area contributed by atoms with Crippen molar-refractivity contribution in [1.29, 1.82) is 0 Å². The SMILES string of the molecule is COc1cccc(CN)c1NC(=O)Nc1ccccc1. The summed E-state index contributed by atoms with van der Waals surface area (Å²) in [5, 5.41) is 5.52. The number of urea groups is 1. The molecule has 0 aromatic heterocycles. The van der Waals surface area contributed by atoms with E-state index in [1.807, 2.05) is 42.5 Å². The van der Waals surface area contributed by atoms with Crippen LogP contribution in [0.1, 0.15) is 5.56 Å². The minimum atomic E-state index is -0.338. The van der Waals surface area contributed by atoms with Crippen LogP contribution >= 0.6 is 0 Å². The van der Waals surface area contributed by atoms with Gasteiger partial charge in [-0.15, -0.1) is 0 Å². The number of methoxy groups -OCH3 is 1. The van der Waals surface area contributed by atoms with Gasteiger partial charge in [0.15, 0.2) is 0 Å². The largest absolute Gasteiger partial charge is 0.495 e. The molecule has 4 N–H and O–H groups in total. The number of nitrogens with two attached hydrogens (primary N) is 1. The number of benzene rings is 2. The molecule has 2 amide bonds. The Bertz CT molecular complexity index is 563. The summed E-state index contributed by atoms with van der Waals surface area (Å²) in [5.74, 6) is 0.580. The maximum Gasteiger partial charge on any atom is 0.323 e. The van der Waals surface area contributed by atoms with E-state index in [0.29, 0.717) is 23.7 Å². The lowest BCUT2D eigenvalue weighted by atomic mass is 10.1. The number of amides is 2. The predicted molar refractivity (Wildman–Crippen MR) is 80.0 cm³/mol. The molecular weight excluding hydrogens is 254 g/mol. The summed E-state index contributed by atoms with van der Waals surface area (Å²) in [6, 6.07) is 14.3. The van der Waals surface area contributed by atoms with Crippen molar-refractivity contribution >= 4 is 17.4 Å². The van der Waals surface area contributed by atoms with Crippen molar-refractivity contribution in [2.45, 2.75) is 6.54 Å². The van der Waals surface area contributed by atoms with E-state index >= 15 is 0 Å². The summed E-state index contributed by atoms with van der Waals surface area (Å²) < 4.78 is 5.24. The minimum Gasteiger partial charge on any atom is -0.495 e. The van der Waals surface area contributed by atoms with Gasteiger partial charge in [0.2, 0.25) is 0 Å². The van der Waals surface area contributed by atoms with E-state index in [9.17, 15) is 4.79 Å². The molecule has 104 valence electrons. The van der Waals surface area contributed by atoms with Gasteiger partial charge < -0.3 is 21.1 Å². The third kappa shape index (κ3) is 3.27. The first-order valence-electron chi connectivity index (χ1n) is 6.23. The zero-order valence-electron chi connectivity index (χ0n) is 11.2. The van der Waals surface area contributed by atoms with Gasteiger partial charge in [-0.1, -0.05) is 30.3 Å². The van der Waals surface area contributed by atoms with E-state index in [0.717, 1.165) is 5.56 Å². The molecule has 0 aliphatic heterocycles. The second-order valence-electron chi connectivity index (χ2n) is 4.14. The van der Waals surface area contributed by atoms with Crippen LogP contribution in [0.3, 0.4) is 0 Å². The van der Waals surface area contributed by atoms with E-state index in [1.54, 1.807) is 13.2 Å². The van der Waals surface area contributed by atoms with Crippen molar-refractivity contribution in [2.24, 2.45) is 5.73 Å². The van der Waals surface area contributed by atoms with Gasteiger partial charge in [0.05, 0.1) is 12.8 Å². The topological polar surface area (TPSA) is 76.4 Å². The molecule has 2 rings (SSSR count). The van der Waals surface area contributed by atoms with Gasteiger partial charge in [-0.2, -0.15) is 0 Å². The zero-order chi connectivity index (χ0) is 14.4. The third-order valence-corrected chi connectivity index (χ3v) is 2.82. The summed E-state index contributed by atoms with van der Waals surface area (Å²) in [4.78, 5) is 12.0. The summed E-state index contributed by atoms with van der Waals surface area (Å²) in [5.41, 5.74) is 7.79. The van der Waals surface area contributed by atoms with Gasteiger partial charge in [0.1, 0.15) is 5.75 Å². The number of rotatable bonds is 4. The highest BCUT2D eigenvalue weighted by Gasteiger charge is 2.11. The molecule has 20 heavy (non-hydrogen) atoms. The lowest BCUT2D eigenvalue weighted by molar-refractivity contribution is 0.262. The van der Waals surface area contributed by atoms with Gasteiger partial charge in [-0.3, -0.25) is 0 Å². The van der Waals surface area contributed by atoms with Crippen LogP contribution in [0, 0.1) is 0 Å². The fourth-order valence-electron chi connectivity index (χ4n) is 1.86. The number of carbonyl (C=O) groups excluding carboxylic acids is 1. The molecule has 0 radical (unpaired) electrons. The maximum atomic E-state index is 12.0. The number of para-hydroxylation sites is 2. The smallest absolute Gasteiger partial charge is 0.323 e. The number of hydrogen-bond acceptors (Lipinski definition) is 3. The summed E-state index contributed by atoms with van der Waals surface area (Å²) in [6.07, 6.45) is 0. The zero-order valence-corrected chi connectivity index (χ0v) is 11.2. The molecule has 0 heterocycles. The first-order valence-corrected chi connectivity index (χ1v) is 6.23. The predicted octanol–water partition coefficient (Wildman–Crippen LogP) is 2.80. The van der Waals surface area contributed by atoms with Crippen molar-refractivity contribution in [3.8, 4) is 5.75 Å². The molecule has 2 aromatic carbocycles. The minimum absolute atomic E-state index is 0.318. The second-order valence-corrected chi connectivity index (χ2v) is 4.14. The molecular formula is C15H17N3O2. The third-order valence-electron chi connectivity index (χ3n) is 2.82. The Balaban J connectivity index is 2.15. The Morgan fingerprint density at radius 3 is 2.50 bits per heavy atom. The van der Waals surface area contributed by atoms with E-state index in [4.69, 9.17) is 10.5 Å². The van der Waals surface area contributed by atoms with Crippen LogP contribution in [0.15, 0.2) is 48.5 Å². The average molecular weight is 271 g/mol. The molecule has 0 aliphatic rings. The Morgan fingerprint density at radius 1 is 1.10 bits per heavy atom. The van der Waals surface area contributed by atoms with Gasteiger partial charge in [-0.25, -0.2) is 4.79 Å². The second kappa shape index (κ2) is 6.58. The Morgan fingerprint density at radius 2 is 1.85 bits per heavy atom. The van der Waals surface area contributed by atoms with E-state index in [-0.39, 0.29) is 6.03 Å². The van der Waals surface area contributed by atoms with E-state index in [1.165, 1.54) is 0 Å². The molecule has 0 saturated heterocycles. The lowest BCUT2D eigenvalue weighted by Crippen LogP contribution is -2.21. The number of carbonyl (C=O) groups is 1. The van der Waals surface area contributed by atoms with Gasteiger partial charge in [0.25, 0.3) is 0 Å². The molecule has 5 nitrogen and oxygen atoms in total. The molecule has 0 saturated carbocycles. The summed E-state index contributed by atoms with van der Waals surface area (Å²) >= 11 is 0. The molecule has 2 aromatic rings. The van der Waals surface area contributed by atoms with E-state index in [2.05, 4.69) is 10.6 Å². The quantitative estimate of drug-likeness (QED) is 0.800. The van der Waals surface area contributed by atoms with Crippen molar-refractivity contribution in [2.75, 3.05) is 17.7 Å². The van der Waals surface area contributed by atoms with Crippen LogP contribution in [0.5, 0.6) is 5.75 Å². The van der Waals surface area contributed by atoms with Crippen molar-refractivity contribution < 1.29 is 9.53 Å². The molecule has 0 spiro atoms.